The van der Waals surface area contributed by atoms with Crippen LogP contribution in [0.15, 0.2) is 58.8 Å². The molecule has 0 aliphatic carbocycles. The molecule has 0 spiro atoms. The Bertz CT molecular complexity index is 838. The molecule has 0 aliphatic rings. The summed E-state index contributed by atoms with van der Waals surface area (Å²) < 4.78 is 0.821. The molecule has 7 heteroatoms. The third-order valence-corrected chi connectivity index (χ3v) is 3.49. The Balaban J connectivity index is 2.07. The van der Waals surface area contributed by atoms with E-state index in [0.717, 1.165) is 4.47 Å². The molecule has 1 heterocycles. The van der Waals surface area contributed by atoms with Crippen molar-refractivity contribution in [3.63, 3.8) is 0 Å². The number of halogens is 1. The van der Waals surface area contributed by atoms with E-state index in [0.29, 0.717) is 17.1 Å². The number of hydrogen-bond acceptors (Lipinski definition) is 5. The maximum atomic E-state index is 12.1. The predicted molar refractivity (Wildman–Crippen MR) is 94.3 cm³/mol. The standard InChI is InChI=1S/C17H13BrN4O2/c1-11(23)12-2-4-15(5-3-12)22-17(24)13(9-19)10-21-16-8-14(18)6-7-20-16/h2-8,10H,1H3,(H,20,21)(H,22,24)/b13-10-. The molecule has 2 N–H and O–H groups in total. The van der Waals surface area contributed by atoms with E-state index in [9.17, 15) is 9.59 Å². The second-order valence-electron chi connectivity index (χ2n) is 4.76. The fourth-order valence-electron chi connectivity index (χ4n) is 1.77. The van der Waals surface area contributed by atoms with Gasteiger partial charge in [-0.15, -0.1) is 0 Å². The van der Waals surface area contributed by atoms with Crippen molar-refractivity contribution >= 4 is 39.1 Å². The maximum Gasteiger partial charge on any atom is 0.267 e. The molecule has 1 amide bonds. The third-order valence-electron chi connectivity index (χ3n) is 3.00. The van der Waals surface area contributed by atoms with Gasteiger partial charge in [0.05, 0.1) is 0 Å². The number of nitrogens with one attached hydrogen (secondary N) is 2. The van der Waals surface area contributed by atoms with Gasteiger partial charge in [-0.2, -0.15) is 5.26 Å². The average molecular weight is 385 g/mol. The normalized spacial score (nSPS) is 10.6. The number of hydrogen-bond donors (Lipinski definition) is 2. The summed E-state index contributed by atoms with van der Waals surface area (Å²) in [7, 11) is 0. The highest BCUT2D eigenvalue weighted by Crippen LogP contribution is 2.14. The molecule has 2 rings (SSSR count). The lowest BCUT2D eigenvalue weighted by atomic mass is 10.1. The van der Waals surface area contributed by atoms with Gasteiger partial charge in [-0.25, -0.2) is 4.98 Å². The van der Waals surface area contributed by atoms with E-state index >= 15 is 0 Å². The van der Waals surface area contributed by atoms with Crippen molar-refractivity contribution in [1.29, 1.82) is 5.26 Å². The number of anilines is 2. The summed E-state index contributed by atoms with van der Waals surface area (Å²) in [4.78, 5) is 27.4. The highest BCUT2D eigenvalue weighted by atomic mass is 79.9. The molecule has 6 nitrogen and oxygen atoms in total. The van der Waals surface area contributed by atoms with Gasteiger partial charge in [0.15, 0.2) is 5.78 Å². The largest absolute Gasteiger partial charge is 0.345 e. The molecular weight excluding hydrogens is 372 g/mol. The van der Waals surface area contributed by atoms with Crippen LogP contribution in [0.3, 0.4) is 0 Å². The van der Waals surface area contributed by atoms with E-state index in [-0.39, 0.29) is 11.4 Å². The summed E-state index contributed by atoms with van der Waals surface area (Å²) in [6.07, 6.45) is 2.87. The summed E-state index contributed by atoms with van der Waals surface area (Å²) in [6.45, 7) is 1.46. The number of Topliss-reactive ketones (excluding diaryl/α,β-unsaturated/α-hetero) is 1. The van der Waals surface area contributed by atoms with Crippen LogP contribution in [0.4, 0.5) is 11.5 Å². The Morgan fingerprint density at radius 2 is 1.96 bits per heavy atom. The summed E-state index contributed by atoms with van der Waals surface area (Å²) in [5.41, 5.74) is 0.936. The predicted octanol–water partition coefficient (Wildman–Crippen LogP) is 3.50. The number of aromatic nitrogens is 1. The van der Waals surface area contributed by atoms with Crippen molar-refractivity contribution in [3.8, 4) is 6.07 Å². The fourth-order valence-corrected chi connectivity index (χ4v) is 2.10. The number of pyridine rings is 1. The molecule has 0 aliphatic heterocycles. The van der Waals surface area contributed by atoms with Crippen LogP contribution in [0.5, 0.6) is 0 Å². The van der Waals surface area contributed by atoms with E-state index in [1.807, 2.05) is 6.07 Å². The second kappa shape index (κ2) is 8.04. The SMILES string of the molecule is CC(=O)c1ccc(NC(=O)/C(C#N)=C\Nc2cc(Br)ccn2)cc1. The molecule has 0 bridgehead atoms. The van der Waals surface area contributed by atoms with Gasteiger partial charge in [0, 0.05) is 28.1 Å². The monoisotopic (exact) mass is 384 g/mol. The summed E-state index contributed by atoms with van der Waals surface area (Å²) in [5, 5.41) is 14.5. The van der Waals surface area contributed by atoms with Gasteiger partial charge in [-0.1, -0.05) is 15.9 Å². The summed E-state index contributed by atoms with van der Waals surface area (Å²) >= 11 is 3.31. The van der Waals surface area contributed by atoms with Crippen LogP contribution in [0.25, 0.3) is 0 Å². The van der Waals surface area contributed by atoms with Crippen molar-refractivity contribution in [2.45, 2.75) is 6.92 Å². The molecule has 0 atom stereocenters. The quantitative estimate of drug-likeness (QED) is 0.467. The lowest BCUT2D eigenvalue weighted by molar-refractivity contribution is -0.112. The van der Waals surface area contributed by atoms with Crippen LogP contribution in [-0.4, -0.2) is 16.7 Å². The van der Waals surface area contributed by atoms with E-state index < -0.39 is 5.91 Å². The number of nitrogens with zero attached hydrogens (tertiary/aromatic N) is 2. The number of benzene rings is 1. The van der Waals surface area contributed by atoms with Gasteiger partial charge < -0.3 is 10.6 Å². The number of nitriles is 1. The molecule has 0 radical (unpaired) electrons. The Hall–Kier alpha value is -2.98. The van der Waals surface area contributed by atoms with Gasteiger partial charge in [0.25, 0.3) is 5.91 Å². The minimum Gasteiger partial charge on any atom is -0.345 e. The third kappa shape index (κ3) is 4.76. The van der Waals surface area contributed by atoms with Crippen molar-refractivity contribution in [3.05, 3.63) is 64.4 Å². The van der Waals surface area contributed by atoms with Gasteiger partial charge in [0.1, 0.15) is 17.5 Å². The molecule has 1 aromatic heterocycles. The molecule has 0 unspecified atom stereocenters. The first-order valence-corrected chi connectivity index (χ1v) is 7.69. The number of carbonyl (C=O) groups excluding carboxylic acids is 2. The minimum absolute atomic E-state index is 0.0591. The van der Waals surface area contributed by atoms with Crippen LogP contribution in [0, 0.1) is 11.3 Å². The van der Waals surface area contributed by atoms with Crippen molar-refractivity contribution in [2.75, 3.05) is 10.6 Å². The van der Waals surface area contributed by atoms with Crippen LogP contribution < -0.4 is 10.6 Å². The number of amides is 1. The minimum atomic E-state index is -0.560. The Morgan fingerprint density at radius 1 is 1.25 bits per heavy atom. The van der Waals surface area contributed by atoms with Crippen molar-refractivity contribution in [2.24, 2.45) is 0 Å². The van der Waals surface area contributed by atoms with Crippen LogP contribution >= 0.6 is 15.9 Å². The maximum absolute atomic E-state index is 12.1. The summed E-state index contributed by atoms with van der Waals surface area (Å²) in [5.74, 6) is -0.123. The van der Waals surface area contributed by atoms with Gasteiger partial charge >= 0.3 is 0 Å². The van der Waals surface area contributed by atoms with Crippen LogP contribution in [0.2, 0.25) is 0 Å². The topological polar surface area (TPSA) is 94.9 Å². The molecule has 1 aromatic carbocycles. The lowest BCUT2D eigenvalue weighted by Crippen LogP contribution is -2.14. The fraction of sp³-hybridized carbons (Fsp3) is 0.0588. The first-order chi connectivity index (χ1) is 11.5. The Kier molecular flexibility index (Phi) is 5.82. The molecule has 2 aromatic rings. The van der Waals surface area contributed by atoms with Gasteiger partial charge in [-0.05, 0) is 43.3 Å². The van der Waals surface area contributed by atoms with Gasteiger partial charge in [-0.3, -0.25) is 9.59 Å². The molecule has 0 saturated heterocycles. The highest BCUT2D eigenvalue weighted by Gasteiger charge is 2.10. The smallest absolute Gasteiger partial charge is 0.267 e. The van der Waals surface area contributed by atoms with E-state index in [1.54, 1.807) is 42.6 Å². The lowest BCUT2D eigenvalue weighted by Gasteiger charge is -2.05. The molecule has 0 fully saturated rings. The molecular formula is C17H13BrN4O2. The number of carbonyl (C=O) groups is 2. The zero-order valence-corrected chi connectivity index (χ0v) is 14.3. The Labute approximate surface area is 147 Å². The van der Waals surface area contributed by atoms with E-state index in [1.165, 1.54) is 13.1 Å². The number of rotatable bonds is 5. The average Bonchev–Trinajstić information content (AvgIpc) is 2.56. The summed E-state index contributed by atoms with van der Waals surface area (Å²) in [6, 6.07) is 11.7. The molecule has 24 heavy (non-hydrogen) atoms. The van der Waals surface area contributed by atoms with E-state index in [2.05, 4.69) is 31.5 Å². The van der Waals surface area contributed by atoms with Crippen LogP contribution in [-0.2, 0) is 4.79 Å². The first kappa shape index (κ1) is 17.4. The van der Waals surface area contributed by atoms with Crippen molar-refractivity contribution < 1.29 is 9.59 Å². The highest BCUT2D eigenvalue weighted by molar-refractivity contribution is 9.10. The van der Waals surface area contributed by atoms with Crippen LogP contribution in [0.1, 0.15) is 17.3 Å². The zero-order valence-electron chi connectivity index (χ0n) is 12.7. The first-order valence-electron chi connectivity index (χ1n) is 6.90. The number of ketones is 1. The molecule has 120 valence electrons. The Morgan fingerprint density at radius 3 is 2.54 bits per heavy atom. The second-order valence-corrected chi connectivity index (χ2v) is 5.68. The molecule has 0 saturated carbocycles. The zero-order chi connectivity index (χ0) is 17.5. The van der Waals surface area contributed by atoms with Gasteiger partial charge in [0.2, 0.25) is 0 Å². The van der Waals surface area contributed by atoms with E-state index in [4.69, 9.17) is 5.26 Å². The van der Waals surface area contributed by atoms with Crippen molar-refractivity contribution in [1.82, 2.24) is 4.98 Å².